The number of anilines is 1. The third-order valence-electron chi connectivity index (χ3n) is 2.95. The van der Waals surface area contributed by atoms with Gasteiger partial charge in [0.25, 0.3) is 5.91 Å². The molecule has 1 heterocycles. The lowest BCUT2D eigenvalue weighted by molar-refractivity contribution is -0.117. The molecule has 1 unspecified atom stereocenters. The van der Waals surface area contributed by atoms with E-state index in [9.17, 15) is 9.59 Å². The van der Waals surface area contributed by atoms with Crippen LogP contribution in [0.3, 0.4) is 0 Å². The normalized spacial score (nSPS) is 18.5. The Kier molecular flexibility index (Phi) is 4.27. The molecule has 1 aliphatic heterocycles. The van der Waals surface area contributed by atoms with E-state index >= 15 is 0 Å². The molecular formula is C14H16N2O2S. The molecule has 0 saturated carbocycles. The Morgan fingerprint density at radius 1 is 1.47 bits per heavy atom. The van der Waals surface area contributed by atoms with E-state index in [0.29, 0.717) is 25.1 Å². The molecule has 0 bridgehead atoms. The zero-order chi connectivity index (χ0) is 13.8. The minimum Gasteiger partial charge on any atom is -0.349 e. The third kappa shape index (κ3) is 3.17. The van der Waals surface area contributed by atoms with Gasteiger partial charge in [-0.25, -0.2) is 0 Å². The van der Waals surface area contributed by atoms with Crippen molar-refractivity contribution in [2.45, 2.75) is 11.7 Å². The Morgan fingerprint density at radius 3 is 2.68 bits per heavy atom. The van der Waals surface area contributed by atoms with Crippen molar-refractivity contribution in [2.75, 3.05) is 18.0 Å². The van der Waals surface area contributed by atoms with Crippen LogP contribution >= 0.6 is 12.6 Å². The molecule has 1 fully saturated rings. The van der Waals surface area contributed by atoms with Crippen molar-refractivity contribution in [1.29, 1.82) is 0 Å². The first-order chi connectivity index (χ1) is 9.11. The molecule has 0 spiro atoms. The SMILES string of the molecule is C=CCNC(=O)c1ccc(N2CC(S)CC2=O)cc1. The Hall–Kier alpha value is -1.75. The molecule has 1 aromatic carbocycles. The maximum atomic E-state index is 11.7. The van der Waals surface area contributed by atoms with Gasteiger partial charge in [0, 0.05) is 36.0 Å². The van der Waals surface area contributed by atoms with E-state index in [1.165, 1.54) is 0 Å². The average Bonchev–Trinajstić information content (AvgIpc) is 2.75. The summed E-state index contributed by atoms with van der Waals surface area (Å²) in [5.41, 5.74) is 1.38. The van der Waals surface area contributed by atoms with Crippen molar-refractivity contribution in [3.63, 3.8) is 0 Å². The fourth-order valence-corrected chi connectivity index (χ4v) is 2.32. The van der Waals surface area contributed by atoms with Crippen LogP contribution in [0.25, 0.3) is 0 Å². The van der Waals surface area contributed by atoms with Crippen LogP contribution in [0.1, 0.15) is 16.8 Å². The third-order valence-corrected chi connectivity index (χ3v) is 3.30. The molecule has 1 aromatic rings. The van der Waals surface area contributed by atoms with Crippen LogP contribution in [0.5, 0.6) is 0 Å². The van der Waals surface area contributed by atoms with Gasteiger partial charge in [-0.2, -0.15) is 12.6 Å². The van der Waals surface area contributed by atoms with E-state index < -0.39 is 0 Å². The topological polar surface area (TPSA) is 49.4 Å². The second-order valence-electron chi connectivity index (χ2n) is 4.41. The smallest absolute Gasteiger partial charge is 0.251 e. The first kappa shape index (κ1) is 13.7. The standard InChI is InChI=1S/C14H16N2O2S/c1-2-7-15-14(18)10-3-5-11(6-4-10)16-9-12(19)8-13(16)17/h2-6,12,19H,1,7-9H2,(H,15,18). The van der Waals surface area contributed by atoms with Crippen LogP contribution in [0.4, 0.5) is 5.69 Å². The first-order valence-electron chi connectivity index (χ1n) is 6.09. The van der Waals surface area contributed by atoms with Gasteiger partial charge in [0.15, 0.2) is 0 Å². The maximum absolute atomic E-state index is 11.7. The lowest BCUT2D eigenvalue weighted by Gasteiger charge is -2.16. The predicted molar refractivity (Wildman–Crippen MR) is 78.7 cm³/mol. The zero-order valence-electron chi connectivity index (χ0n) is 10.5. The zero-order valence-corrected chi connectivity index (χ0v) is 11.4. The van der Waals surface area contributed by atoms with E-state index in [-0.39, 0.29) is 17.1 Å². The van der Waals surface area contributed by atoms with Gasteiger partial charge in [0.1, 0.15) is 0 Å². The highest BCUT2D eigenvalue weighted by Gasteiger charge is 2.28. The van der Waals surface area contributed by atoms with Gasteiger partial charge in [0.05, 0.1) is 0 Å². The quantitative estimate of drug-likeness (QED) is 0.649. The van der Waals surface area contributed by atoms with Crippen LogP contribution in [0.2, 0.25) is 0 Å². The number of rotatable bonds is 4. The molecule has 19 heavy (non-hydrogen) atoms. The molecule has 4 nitrogen and oxygen atoms in total. The summed E-state index contributed by atoms with van der Waals surface area (Å²) < 4.78 is 0. The minimum absolute atomic E-state index is 0.0730. The van der Waals surface area contributed by atoms with Crippen molar-refractivity contribution in [3.05, 3.63) is 42.5 Å². The number of thiol groups is 1. The molecule has 2 amide bonds. The highest BCUT2D eigenvalue weighted by atomic mass is 32.1. The monoisotopic (exact) mass is 276 g/mol. The Balaban J connectivity index is 2.08. The Morgan fingerprint density at radius 2 is 2.16 bits per heavy atom. The van der Waals surface area contributed by atoms with Crippen molar-refractivity contribution in [1.82, 2.24) is 5.32 Å². The van der Waals surface area contributed by atoms with Crippen molar-refractivity contribution in [3.8, 4) is 0 Å². The van der Waals surface area contributed by atoms with Crippen molar-refractivity contribution >= 4 is 30.1 Å². The molecule has 1 aliphatic rings. The van der Waals surface area contributed by atoms with Crippen LogP contribution < -0.4 is 10.2 Å². The van der Waals surface area contributed by atoms with E-state index in [4.69, 9.17) is 0 Å². The fourth-order valence-electron chi connectivity index (χ4n) is 2.00. The maximum Gasteiger partial charge on any atom is 0.251 e. The largest absolute Gasteiger partial charge is 0.349 e. The van der Waals surface area contributed by atoms with Gasteiger partial charge in [-0.05, 0) is 24.3 Å². The second-order valence-corrected chi connectivity index (χ2v) is 5.14. The molecule has 1 atom stereocenters. The fraction of sp³-hybridized carbons (Fsp3) is 0.286. The van der Waals surface area contributed by atoms with E-state index in [0.717, 1.165) is 5.69 Å². The molecular weight excluding hydrogens is 260 g/mol. The summed E-state index contributed by atoms with van der Waals surface area (Å²) in [6.45, 7) is 4.59. The van der Waals surface area contributed by atoms with Crippen LogP contribution in [0, 0.1) is 0 Å². The number of nitrogens with one attached hydrogen (secondary N) is 1. The summed E-state index contributed by atoms with van der Waals surface area (Å²) >= 11 is 4.32. The number of amides is 2. The molecule has 1 saturated heterocycles. The lowest BCUT2D eigenvalue weighted by atomic mass is 10.2. The molecule has 5 heteroatoms. The second kappa shape index (κ2) is 5.93. The van der Waals surface area contributed by atoms with Gasteiger partial charge in [-0.15, -0.1) is 6.58 Å². The van der Waals surface area contributed by atoms with E-state index in [1.54, 1.807) is 35.2 Å². The Bertz CT molecular complexity index is 499. The number of benzene rings is 1. The average molecular weight is 276 g/mol. The number of hydrogen-bond acceptors (Lipinski definition) is 3. The van der Waals surface area contributed by atoms with Gasteiger partial charge in [-0.1, -0.05) is 6.08 Å². The molecule has 2 rings (SSSR count). The summed E-state index contributed by atoms with van der Waals surface area (Å²) in [6, 6.07) is 7.00. The highest BCUT2D eigenvalue weighted by molar-refractivity contribution is 7.81. The summed E-state index contributed by atoms with van der Waals surface area (Å²) in [4.78, 5) is 25.1. The summed E-state index contributed by atoms with van der Waals surface area (Å²) in [7, 11) is 0. The van der Waals surface area contributed by atoms with Crippen LogP contribution in [-0.2, 0) is 4.79 Å². The number of carbonyl (C=O) groups is 2. The molecule has 1 N–H and O–H groups in total. The van der Waals surface area contributed by atoms with E-state index in [2.05, 4.69) is 24.5 Å². The molecule has 100 valence electrons. The summed E-state index contributed by atoms with van der Waals surface area (Å²) in [5, 5.41) is 2.79. The summed E-state index contributed by atoms with van der Waals surface area (Å²) in [5.74, 6) is -0.0740. The van der Waals surface area contributed by atoms with Gasteiger partial charge >= 0.3 is 0 Å². The van der Waals surface area contributed by atoms with Gasteiger partial charge in [0.2, 0.25) is 5.91 Å². The van der Waals surface area contributed by atoms with Crippen molar-refractivity contribution < 1.29 is 9.59 Å². The highest BCUT2D eigenvalue weighted by Crippen LogP contribution is 2.24. The van der Waals surface area contributed by atoms with Crippen LogP contribution in [-0.4, -0.2) is 30.2 Å². The minimum atomic E-state index is -0.147. The predicted octanol–water partition coefficient (Wildman–Crippen LogP) is 1.64. The number of hydrogen-bond donors (Lipinski definition) is 2. The lowest BCUT2D eigenvalue weighted by Crippen LogP contribution is -2.25. The molecule has 0 aliphatic carbocycles. The van der Waals surface area contributed by atoms with Crippen molar-refractivity contribution in [2.24, 2.45) is 0 Å². The van der Waals surface area contributed by atoms with Crippen LogP contribution in [0.15, 0.2) is 36.9 Å². The number of carbonyl (C=O) groups excluding carboxylic acids is 2. The molecule has 0 radical (unpaired) electrons. The van der Waals surface area contributed by atoms with Gasteiger partial charge < -0.3 is 10.2 Å². The first-order valence-corrected chi connectivity index (χ1v) is 6.61. The van der Waals surface area contributed by atoms with E-state index in [1.807, 2.05) is 0 Å². The molecule has 0 aromatic heterocycles. The summed E-state index contributed by atoms with van der Waals surface area (Å²) in [6.07, 6.45) is 2.09. The number of nitrogens with zero attached hydrogens (tertiary/aromatic N) is 1. The van der Waals surface area contributed by atoms with Gasteiger partial charge in [-0.3, -0.25) is 9.59 Å². The Labute approximate surface area is 117 Å².